The molecule has 0 bridgehead atoms. The fraction of sp³-hybridized carbons (Fsp3) is 0.0952. The fourth-order valence-corrected chi connectivity index (χ4v) is 4.40. The Morgan fingerprint density at radius 2 is 2.07 bits per heavy atom. The Morgan fingerprint density at radius 3 is 2.86 bits per heavy atom. The number of carbonyl (C=O) groups is 1. The fourth-order valence-electron chi connectivity index (χ4n) is 3.06. The third kappa shape index (κ3) is 3.52. The first-order valence-electron chi connectivity index (χ1n) is 8.96. The van der Waals surface area contributed by atoms with Gasteiger partial charge in [0.2, 0.25) is 4.96 Å². The molecule has 0 aliphatic heterocycles. The molecule has 3 heterocycles. The number of rotatable bonds is 5. The molecule has 0 radical (unpaired) electrons. The van der Waals surface area contributed by atoms with Crippen LogP contribution in [0.25, 0.3) is 27.4 Å². The highest BCUT2D eigenvalue weighted by Crippen LogP contribution is 2.30. The standard InChI is InChI=1S/C21H16N4O2S2/c1-28-21-24-25-12-16(23-20(25)29-21)18-9-14-7-8-15(10-17(14)27-18)19(26)22-11-13-5-3-2-4-6-13/h2-10,12H,11H2,1H3,(H,22,26). The molecule has 0 spiro atoms. The highest BCUT2D eigenvalue weighted by atomic mass is 32.2. The number of amides is 1. The molecule has 3 aromatic heterocycles. The molecule has 0 saturated heterocycles. The Hall–Kier alpha value is -3.10. The van der Waals surface area contributed by atoms with Gasteiger partial charge in [-0.2, -0.15) is 0 Å². The van der Waals surface area contributed by atoms with E-state index < -0.39 is 0 Å². The highest BCUT2D eigenvalue weighted by Gasteiger charge is 2.14. The number of carbonyl (C=O) groups excluding carboxylic acids is 1. The second-order valence-electron chi connectivity index (χ2n) is 6.46. The molecule has 6 nitrogen and oxygen atoms in total. The lowest BCUT2D eigenvalue weighted by Crippen LogP contribution is -2.22. The largest absolute Gasteiger partial charge is 0.454 e. The van der Waals surface area contributed by atoms with Gasteiger partial charge in [0.1, 0.15) is 11.3 Å². The number of benzene rings is 2. The maximum absolute atomic E-state index is 12.5. The molecule has 0 fully saturated rings. The maximum Gasteiger partial charge on any atom is 0.251 e. The van der Waals surface area contributed by atoms with Gasteiger partial charge in [-0.1, -0.05) is 59.5 Å². The van der Waals surface area contributed by atoms with E-state index in [-0.39, 0.29) is 5.91 Å². The molecule has 5 aromatic rings. The summed E-state index contributed by atoms with van der Waals surface area (Å²) in [6, 6.07) is 17.2. The lowest BCUT2D eigenvalue weighted by Gasteiger charge is -2.05. The van der Waals surface area contributed by atoms with Gasteiger partial charge >= 0.3 is 0 Å². The molecule has 1 amide bonds. The summed E-state index contributed by atoms with van der Waals surface area (Å²) in [6.45, 7) is 0.484. The quantitative estimate of drug-likeness (QED) is 0.411. The number of hydrogen-bond donors (Lipinski definition) is 1. The Morgan fingerprint density at radius 1 is 1.21 bits per heavy atom. The van der Waals surface area contributed by atoms with Crippen molar-refractivity contribution in [2.75, 3.05) is 6.26 Å². The number of aromatic nitrogens is 3. The molecule has 0 saturated carbocycles. The Bertz CT molecular complexity index is 1290. The van der Waals surface area contributed by atoms with Crippen LogP contribution in [0, 0.1) is 0 Å². The van der Waals surface area contributed by atoms with Gasteiger partial charge in [-0.25, -0.2) is 9.50 Å². The van der Waals surface area contributed by atoms with E-state index >= 15 is 0 Å². The molecule has 8 heteroatoms. The number of nitrogens with zero attached hydrogens (tertiary/aromatic N) is 3. The minimum atomic E-state index is -0.134. The minimum absolute atomic E-state index is 0.134. The number of fused-ring (bicyclic) bond motifs is 2. The molecule has 29 heavy (non-hydrogen) atoms. The lowest BCUT2D eigenvalue weighted by molar-refractivity contribution is 0.0951. The second kappa shape index (κ2) is 7.38. The first kappa shape index (κ1) is 18.0. The van der Waals surface area contributed by atoms with Gasteiger partial charge in [0, 0.05) is 17.5 Å². The van der Waals surface area contributed by atoms with Crippen molar-refractivity contribution in [2.24, 2.45) is 0 Å². The van der Waals surface area contributed by atoms with Crippen LogP contribution in [0.3, 0.4) is 0 Å². The van der Waals surface area contributed by atoms with Crippen molar-refractivity contribution in [1.29, 1.82) is 0 Å². The van der Waals surface area contributed by atoms with Gasteiger partial charge in [0.25, 0.3) is 5.91 Å². The maximum atomic E-state index is 12.5. The topological polar surface area (TPSA) is 72.4 Å². The predicted molar refractivity (Wildman–Crippen MR) is 115 cm³/mol. The summed E-state index contributed by atoms with van der Waals surface area (Å²) in [5, 5.41) is 8.32. The number of thioether (sulfide) groups is 1. The SMILES string of the molecule is CSc1nn2cc(-c3cc4ccc(C(=O)NCc5ccccc5)cc4o3)nc2s1. The van der Waals surface area contributed by atoms with Crippen molar-refractivity contribution in [3.63, 3.8) is 0 Å². The Labute approximate surface area is 174 Å². The van der Waals surface area contributed by atoms with Crippen LogP contribution >= 0.6 is 23.1 Å². The average molecular weight is 421 g/mol. The van der Waals surface area contributed by atoms with Crippen molar-refractivity contribution in [1.82, 2.24) is 19.9 Å². The van der Waals surface area contributed by atoms with Crippen molar-refractivity contribution in [2.45, 2.75) is 10.9 Å². The van der Waals surface area contributed by atoms with E-state index in [4.69, 9.17) is 4.42 Å². The normalized spacial score (nSPS) is 11.3. The van der Waals surface area contributed by atoms with E-state index in [1.807, 2.05) is 54.9 Å². The number of hydrogen-bond acceptors (Lipinski definition) is 6. The van der Waals surface area contributed by atoms with Gasteiger partial charge in [0.15, 0.2) is 10.1 Å². The van der Waals surface area contributed by atoms with Crippen molar-refractivity contribution < 1.29 is 9.21 Å². The summed E-state index contributed by atoms with van der Waals surface area (Å²) in [4.78, 5) is 17.9. The van der Waals surface area contributed by atoms with E-state index in [0.29, 0.717) is 23.5 Å². The lowest BCUT2D eigenvalue weighted by atomic mass is 10.1. The number of nitrogens with one attached hydrogen (secondary N) is 1. The van der Waals surface area contributed by atoms with Crippen molar-refractivity contribution in [3.8, 4) is 11.5 Å². The van der Waals surface area contributed by atoms with Crippen LogP contribution in [0.1, 0.15) is 15.9 Å². The Balaban J connectivity index is 1.38. The third-order valence-electron chi connectivity index (χ3n) is 4.53. The smallest absolute Gasteiger partial charge is 0.251 e. The molecule has 0 aliphatic rings. The highest BCUT2D eigenvalue weighted by molar-refractivity contribution is 8.00. The van der Waals surface area contributed by atoms with Crippen molar-refractivity contribution >= 4 is 44.9 Å². The van der Waals surface area contributed by atoms with Crippen LogP contribution in [-0.2, 0) is 6.54 Å². The average Bonchev–Trinajstić information content (AvgIpc) is 3.44. The van der Waals surface area contributed by atoms with Crippen LogP contribution in [0.15, 0.2) is 69.6 Å². The van der Waals surface area contributed by atoms with E-state index in [2.05, 4.69) is 15.4 Å². The van der Waals surface area contributed by atoms with E-state index in [1.54, 1.807) is 28.4 Å². The zero-order valence-electron chi connectivity index (χ0n) is 15.5. The zero-order valence-corrected chi connectivity index (χ0v) is 17.1. The van der Waals surface area contributed by atoms with Crippen LogP contribution in [-0.4, -0.2) is 26.8 Å². The third-order valence-corrected chi connectivity index (χ3v) is 6.43. The summed E-state index contributed by atoms with van der Waals surface area (Å²) in [7, 11) is 0. The molecule has 144 valence electrons. The minimum Gasteiger partial charge on any atom is -0.454 e. The molecule has 2 aromatic carbocycles. The summed E-state index contributed by atoms with van der Waals surface area (Å²) in [5.74, 6) is 0.523. The summed E-state index contributed by atoms with van der Waals surface area (Å²) in [5.41, 5.74) is 3.00. The predicted octanol–water partition coefficient (Wildman–Crippen LogP) is 4.86. The van der Waals surface area contributed by atoms with Gasteiger partial charge in [0.05, 0.1) is 6.20 Å². The van der Waals surface area contributed by atoms with Gasteiger partial charge in [-0.3, -0.25) is 4.79 Å². The van der Waals surface area contributed by atoms with Gasteiger partial charge in [-0.15, -0.1) is 5.10 Å². The van der Waals surface area contributed by atoms with Crippen LogP contribution in [0.5, 0.6) is 0 Å². The first-order chi connectivity index (χ1) is 14.2. The second-order valence-corrected chi connectivity index (χ2v) is 8.47. The molecule has 5 rings (SSSR count). The molecular formula is C21H16N4O2S2. The van der Waals surface area contributed by atoms with Crippen LogP contribution in [0.2, 0.25) is 0 Å². The first-order valence-corrected chi connectivity index (χ1v) is 11.0. The van der Waals surface area contributed by atoms with E-state index in [9.17, 15) is 4.79 Å². The number of imidazole rings is 1. The molecule has 0 unspecified atom stereocenters. The summed E-state index contributed by atoms with van der Waals surface area (Å²) < 4.78 is 8.71. The molecular weight excluding hydrogens is 404 g/mol. The molecule has 1 N–H and O–H groups in total. The Kier molecular flexibility index (Phi) is 4.57. The van der Waals surface area contributed by atoms with E-state index in [0.717, 1.165) is 25.9 Å². The van der Waals surface area contributed by atoms with Gasteiger partial charge in [-0.05, 0) is 30.0 Å². The van der Waals surface area contributed by atoms with E-state index in [1.165, 1.54) is 11.3 Å². The monoisotopic (exact) mass is 420 g/mol. The van der Waals surface area contributed by atoms with Gasteiger partial charge < -0.3 is 9.73 Å². The zero-order chi connectivity index (χ0) is 19.8. The summed E-state index contributed by atoms with van der Waals surface area (Å²) >= 11 is 3.14. The van der Waals surface area contributed by atoms with Crippen molar-refractivity contribution in [3.05, 3.63) is 71.9 Å². The van der Waals surface area contributed by atoms with Crippen LogP contribution < -0.4 is 5.32 Å². The number of furan rings is 1. The van der Waals surface area contributed by atoms with Crippen LogP contribution in [0.4, 0.5) is 0 Å². The summed E-state index contributed by atoms with van der Waals surface area (Å²) in [6.07, 6.45) is 3.85. The molecule has 0 aliphatic carbocycles. The molecule has 0 atom stereocenters.